The molecule has 0 spiro atoms. The van der Waals surface area contributed by atoms with Gasteiger partial charge in [0.25, 0.3) is 0 Å². The van der Waals surface area contributed by atoms with Gasteiger partial charge in [0, 0.05) is 23.7 Å². The molecule has 5 nitrogen and oxygen atoms in total. The number of thiazole rings is 1. The summed E-state index contributed by atoms with van der Waals surface area (Å²) in [5, 5.41) is 3.26. The predicted molar refractivity (Wildman–Crippen MR) is 75.1 cm³/mol. The van der Waals surface area contributed by atoms with Crippen molar-refractivity contribution < 1.29 is 8.42 Å². The molecule has 2 N–H and O–H groups in total. The van der Waals surface area contributed by atoms with Crippen LogP contribution in [0.2, 0.25) is 0 Å². The number of unbranched alkanes of at least 4 members (excludes halogenated alkanes) is 1. The molecule has 1 aromatic heterocycles. The number of hydrogen-bond acceptors (Lipinski definition) is 5. The summed E-state index contributed by atoms with van der Waals surface area (Å²) < 4.78 is 25.9. The van der Waals surface area contributed by atoms with E-state index in [-0.39, 0.29) is 5.75 Å². The van der Waals surface area contributed by atoms with Crippen molar-refractivity contribution in [2.24, 2.45) is 0 Å². The minimum atomic E-state index is -3.16. The first-order valence-electron chi connectivity index (χ1n) is 6.08. The number of nitrogens with zero attached hydrogens (tertiary/aromatic N) is 1. The van der Waals surface area contributed by atoms with Gasteiger partial charge in [-0.15, -0.1) is 11.3 Å². The van der Waals surface area contributed by atoms with Gasteiger partial charge in [-0.3, -0.25) is 4.98 Å². The Labute approximate surface area is 113 Å². The molecule has 0 aliphatic rings. The van der Waals surface area contributed by atoms with Crippen LogP contribution >= 0.6 is 11.3 Å². The van der Waals surface area contributed by atoms with Gasteiger partial charge in [-0.1, -0.05) is 13.8 Å². The number of nitrogens with one attached hydrogen (secondary N) is 2. The summed E-state index contributed by atoms with van der Waals surface area (Å²) in [4.78, 5) is 4.83. The third kappa shape index (κ3) is 7.05. The Hall–Kier alpha value is -0.500. The van der Waals surface area contributed by atoms with Gasteiger partial charge in [-0.2, -0.15) is 0 Å². The van der Waals surface area contributed by atoms with Crippen LogP contribution in [0.4, 0.5) is 0 Å². The summed E-state index contributed by atoms with van der Waals surface area (Å²) in [5.41, 5.74) is 1.70. The van der Waals surface area contributed by atoms with Crippen LogP contribution in [0.3, 0.4) is 0 Å². The second-order valence-corrected chi connectivity index (χ2v) is 7.32. The van der Waals surface area contributed by atoms with Crippen LogP contribution in [-0.4, -0.2) is 31.7 Å². The molecule has 0 bridgehead atoms. The van der Waals surface area contributed by atoms with Crippen molar-refractivity contribution in [3.05, 3.63) is 16.6 Å². The molecule has 0 fully saturated rings. The zero-order valence-corrected chi connectivity index (χ0v) is 12.5. The van der Waals surface area contributed by atoms with E-state index in [1.54, 1.807) is 11.7 Å². The van der Waals surface area contributed by atoms with E-state index in [0.29, 0.717) is 19.0 Å². The summed E-state index contributed by atoms with van der Waals surface area (Å²) >= 11 is 1.45. The van der Waals surface area contributed by atoms with E-state index in [9.17, 15) is 8.42 Å². The summed E-state index contributed by atoms with van der Waals surface area (Å²) in [6, 6.07) is 0.450. The van der Waals surface area contributed by atoms with Gasteiger partial charge in [0.2, 0.25) is 10.0 Å². The fourth-order valence-corrected chi connectivity index (χ4v) is 3.12. The van der Waals surface area contributed by atoms with E-state index >= 15 is 0 Å². The van der Waals surface area contributed by atoms with E-state index in [1.807, 2.05) is 0 Å². The molecule has 0 unspecified atom stereocenters. The Kier molecular flexibility index (Phi) is 6.77. The molecular formula is C11H21N3O2S2. The van der Waals surface area contributed by atoms with Crippen LogP contribution in [0.5, 0.6) is 0 Å². The highest BCUT2D eigenvalue weighted by Crippen LogP contribution is 2.05. The summed E-state index contributed by atoms with van der Waals surface area (Å²) in [7, 11) is -3.16. The minimum Gasteiger partial charge on any atom is -0.315 e. The first-order chi connectivity index (χ1) is 8.49. The molecule has 0 aromatic carbocycles. The molecule has 0 aliphatic heterocycles. The Bertz CT molecular complexity index is 416. The summed E-state index contributed by atoms with van der Waals surface area (Å²) in [5.74, 6) is 0.186. The standard InChI is InChI=1S/C11H21N3O2S2/c1-10(2)13-5-3-4-6-18(15,16)14-8-11-7-12-9-17-11/h7,9-10,13-14H,3-6,8H2,1-2H3. The lowest BCUT2D eigenvalue weighted by atomic mass is 10.3. The van der Waals surface area contributed by atoms with Gasteiger partial charge in [-0.05, 0) is 19.4 Å². The fraction of sp³-hybridized carbons (Fsp3) is 0.727. The maximum Gasteiger partial charge on any atom is 0.211 e. The molecule has 7 heteroatoms. The summed E-state index contributed by atoms with van der Waals surface area (Å²) in [6.45, 7) is 5.36. The van der Waals surface area contributed by atoms with Crippen molar-refractivity contribution in [1.82, 2.24) is 15.0 Å². The number of aromatic nitrogens is 1. The predicted octanol–water partition coefficient (Wildman–Crippen LogP) is 1.34. The van der Waals surface area contributed by atoms with E-state index in [2.05, 4.69) is 28.9 Å². The first kappa shape index (κ1) is 15.6. The van der Waals surface area contributed by atoms with E-state index in [0.717, 1.165) is 17.8 Å². The number of sulfonamides is 1. The topological polar surface area (TPSA) is 71.1 Å². The zero-order chi connectivity index (χ0) is 13.4. The Morgan fingerprint density at radius 3 is 2.78 bits per heavy atom. The minimum absolute atomic E-state index is 0.186. The molecule has 1 aromatic rings. The fourth-order valence-electron chi connectivity index (χ4n) is 1.39. The van der Waals surface area contributed by atoms with Crippen molar-refractivity contribution in [3.63, 3.8) is 0 Å². The van der Waals surface area contributed by atoms with Gasteiger partial charge in [0.05, 0.1) is 11.3 Å². The van der Waals surface area contributed by atoms with Crippen LogP contribution in [0.25, 0.3) is 0 Å². The van der Waals surface area contributed by atoms with Crippen LogP contribution in [0, 0.1) is 0 Å². The second-order valence-electron chi connectivity index (χ2n) is 4.42. The quantitative estimate of drug-likeness (QED) is 0.674. The van der Waals surface area contributed by atoms with Gasteiger partial charge in [0.15, 0.2) is 0 Å². The average molecular weight is 291 g/mol. The normalized spacial score (nSPS) is 12.2. The maximum atomic E-state index is 11.7. The Balaban J connectivity index is 2.15. The SMILES string of the molecule is CC(C)NCCCCS(=O)(=O)NCc1cncs1. The maximum absolute atomic E-state index is 11.7. The highest BCUT2D eigenvalue weighted by Gasteiger charge is 2.09. The van der Waals surface area contributed by atoms with Crippen molar-refractivity contribution in [2.45, 2.75) is 39.3 Å². The highest BCUT2D eigenvalue weighted by atomic mass is 32.2. The molecular weight excluding hydrogens is 270 g/mol. The molecule has 18 heavy (non-hydrogen) atoms. The smallest absolute Gasteiger partial charge is 0.211 e. The molecule has 1 rings (SSSR count). The second kappa shape index (κ2) is 7.83. The molecule has 0 atom stereocenters. The van der Waals surface area contributed by atoms with E-state index in [1.165, 1.54) is 11.3 Å². The first-order valence-corrected chi connectivity index (χ1v) is 8.61. The molecule has 0 aliphatic carbocycles. The van der Waals surface area contributed by atoms with Crippen molar-refractivity contribution in [3.8, 4) is 0 Å². The van der Waals surface area contributed by atoms with Crippen LogP contribution < -0.4 is 10.0 Å². The Morgan fingerprint density at radius 1 is 1.39 bits per heavy atom. The molecule has 0 radical (unpaired) electrons. The molecule has 1 heterocycles. The lowest BCUT2D eigenvalue weighted by molar-refractivity contribution is 0.555. The van der Waals surface area contributed by atoms with Gasteiger partial charge in [-0.25, -0.2) is 13.1 Å². The lowest BCUT2D eigenvalue weighted by Gasteiger charge is -2.08. The molecule has 0 saturated heterocycles. The van der Waals surface area contributed by atoms with Gasteiger partial charge >= 0.3 is 0 Å². The zero-order valence-electron chi connectivity index (χ0n) is 10.8. The summed E-state index contributed by atoms with van der Waals surface area (Å²) in [6.07, 6.45) is 3.23. The van der Waals surface area contributed by atoms with Gasteiger partial charge < -0.3 is 5.32 Å². The number of hydrogen-bond donors (Lipinski definition) is 2. The van der Waals surface area contributed by atoms with Crippen molar-refractivity contribution in [1.29, 1.82) is 0 Å². The van der Waals surface area contributed by atoms with Crippen LogP contribution in [-0.2, 0) is 16.6 Å². The average Bonchev–Trinajstić information content (AvgIpc) is 2.78. The third-order valence-corrected chi connectivity index (χ3v) is 4.53. The van der Waals surface area contributed by atoms with Crippen molar-refractivity contribution in [2.75, 3.05) is 12.3 Å². The third-order valence-electron chi connectivity index (χ3n) is 2.34. The molecule has 0 amide bonds. The van der Waals surface area contributed by atoms with Crippen molar-refractivity contribution >= 4 is 21.4 Å². The molecule has 0 saturated carbocycles. The van der Waals surface area contributed by atoms with Crippen LogP contribution in [0.1, 0.15) is 31.6 Å². The van der Waals surface area contributed by atoms with E-state index in [4.69, 9.17) is 0 Å². The van der Waals surface area contributed by atoms with Crippen LogP contribution in [0.15, 0.2) is 11.7 Å². The lowest BCUT2D eigenvalue weighted by Crippen LogP contribution is -2.27. The number of rotatable bonds is 9. The van der Waals surface area contributed by atoms with E-state index < -0.39 is 10.0 Å². The highest BCUT2D eigenvalue weighted by molar-refractivity contribution is 7.89. The largest absolute Gasteiger partial charge is 0.315 e. The van der Waals surface area contributed by atoms with Gasteiger partial charge in [0.1, 0.15) is 0 Å². The Morgan fingerprint density at radius 2 is 2.17 bits per heavy atom. The monoisotopic (exact) mass is 291 g/mol. The molecule has 104 valence electrons.